The molecule has 1 aromatic rings. The summed E-state index contributed by atoms with van der Waals surface area (Å²) in [5.41, 5.74) is 6.42. The molecule has 0 heterocycles. The van der Waals surface area contributed by atoms with Crippen molar-refractivity contribution in [1.29, 1.82) is 0 Å². The second kappa shape index (κ2) is 8.66. The molecular weight excluding hydrogens is 303 g/mol. The molecule has 0 aliphatic heterocycles. The van der Waals surface area contributed by atoms with Crippen LogP contribution < -0.4 is 15.8 Å². The van der Waals surface area contributed by atoms with E-state index in [0.717, 1.165) is 24.3 Å². The van der Waals surface area contributed by atoms with Crippen molar-refractivity contribution in [3.8, 4) is 5.75 Å². The number of alkyl halides is 3. The average molecular weight is 321 g/mol. The van der Waals surface area contributed by atoms with Gasteiger partial charge in [-0.1, -0.05) is 12.1 Å². The molecule has 0 spiro atoms. The van der Waals surface area contributed by atoms with Gasteiger partial charge in [-0.15, -0.1) is 13.2 Å². The minimum atomic E-state index is -4.68. The summed E-state index contributed by atoms with van der Waals surface area (Å²) < 4.78 is 39.8. The number of hydrogen-bond acceptors (Lipinski definition) is 3. The zero-order valence-electron chi connectivity index (χ0n) is 11.6. The normalized spacial score (nSPS) is 12.3. The van der Waals surface area contributed by atoms with Gasteiger partial charge in [0.15, 0.2) is 5.96 Å². The SMILES string of the molecule is CSCCCNC(N)=NCc1ccc(OC(F)(F)F)cc1. The summed E-state index contributed by atoms with van der Waals surface area (Å²) in [5.74, 6) is 1.12. The topological polar surface area (TPSA) is 59.6 Å². The third kappa shape index (κ3) is 8.34. The van der Waals surface area contributed by atoms with Crippen LogP contribution in [0.5, 0.6) is 5.75 Å². The van der Waals surface area contributed by atoms with E-state index in [1.165, 1.54) is 24.3 Å². The van der Waals surface area contributed by atoms with Crippen molar-refractivity contribution in [2.45, 2.75) is 19.3 Å². The highest BCUT2D eigenvalue weighted by atomic mass is 32.2. The lowest BCUT2D eigenvalue weighted by Gasteiger charge is -2.09. The molecule has 0 aromatic heterocycles. The monoisotopic (exact) mass is 321 g/mol. The average Bonchev–Trinajstić information content (AvgIpc) is 2.41. The molecule has 1 rings (SSSR count). The fraction of sp³-hybridized carbons (Fsp3) is 0.462. The lowest BCUT2D eigenvalue weighted by atomic mass is 10.2. The maximum absolute atomic E-state index is 12.0. The number of aliphatic imine (C=N–C) groups is 1. The molecule has 0 atom stereocenters. The Balaban J connectivity index is 2.41. The van der Waals surface area contributed by atoms with E-state index in [1.807, 2.05) is 6.26 Å². The number of thioether (sulfide) groups is 1. The van der Waals surface area contributed by atoms with Crippen LogP contribution >= 0.6 is 11.8 Å². The van der Waals surface area contributed by atoms with E-state index < -0.39 is 6.36 Å². The second-order valence-corrected chi connectivity index (χ2v) is 5.15. The summed E-state index contributed by atoms with van der Waals surface area (Å²) in [6, 6.07) is 5.54. The third-order valence-electron chi connectivity index (χ3n) is 2.42. The quantitative estimate of drug-likeness (QED) is 0.460. The molecule has 4 nitrogen and oxygen atoms in total. The van der Waals surface area contributed by atoms with Crippen molar-refractivity contribution in [3.05, 3.63) is 29.8 Å². The highest BCUT2D eigenvalue weighted by molar-refractivity contribution is 7.98. The number of nitrogens with two attached hydrogens (primary N) is 1. The molecule has 21 heavy (non-hydrogen) atoms. The molecule has 0 amide bonds. The molecule has 8 heteroatoms. The standard InChI is InChI=1S/C13H18F3N3OS/c1-21-8-2-7-18-12(17)19-9-10-3-5-11(6-4-10)20-13(14,15)16/h3-6H,2,7-9H2,1H3,(H3,17,18,19). The van der Waals surface area contributed by atoms with Gasteiger partial charge in [-0.25, -0.2) is 4.99 Å². The zero-order chi connectivity index (χ0) is 15.7. The van der Waals surface area contributed by atoms with Gasteiger partial charge in [0.05, 0.1) is 6.54 Å². The van der Waals surface area contributed by atoms with Gasteiger partial charge in [0, 0.05) is 6.54 Å². The molecule has 0 saturated carbocycles. The van der Waals surface area contributed by atoms with Gasteiger partial charge in [-0.05, 0) is 36.1 Å². The van der Waals surface area contributed by atoms with E-state index in [1.54, 1.807) is 11.8 Å². The molecule has 1 aromatic carbocycles. The molecule has 0 aliphatic carbocycles. The van der Waals surface area contributed by atoms with Crippen LogP contribution in [0.3, 0.4) is 0 Å². The maximum atomic E-state index is 12.0. The molecule has 0 radical (unpaired) electrons. The van der Waals surface area contributed by atoms with E-state index in [2.05, 4.69) is 15.0 Å². The van der Waals surface area contributed by atoms with Crippen LogP contribution in [0.2, 0.25) is 0 Å². The summed E-state index contributed by atoms with van der Waals surface area (Å²) in [4.78, 5) is 4.11. The number of ether oxygens (including phenoxy) is 1. The van der Waals surface area contributed by atoms with Gasteiger partial charge >= 0.3 is 6.36 Å². The van der Waals surface area contributed by atoms with Crippen LogP contribution in [0.1, 0.15) is 12.0 Å². The Labute approximate surface area is 126 Å². The van der Waals surface area contributed by atoms with E-state index in [4.69, 9.17) is 5.73 Å². The van der Waals surface area contributed by atoms with Crippen LogP contribution in [0, 0.1) is 0 Å². The number of guanidine groups is 1. The predicted octanol–water partition coefficient (Wildman–Crippen LogP) is 2.74. The number of rotatable bonds is 7. The van der Waals surface area contributed by atoms with Gasteiger partial charge in [-0.3, -0.25) is 0 Å². The van der Waals surface area contributed by atoms with Crippen LogP contribution in [0.25, 0.3) is 0 Å². The lowest BCUT2D eigenvalue weighted by molar-refractivity contribution is -0.274. The highest BCUT2D eigenvalue weighted by Crippen LogP contribution is 2.22. The fourth-order valence-corrected chi connectivity index (χ4v) is 1.89. The Morgan fingerprint density at radius 3 is 2.57 bits per heavy atom. The minimum Gasteiger partial charge on any atom is -0.406 e. The Kier molecular flexibility index (Phi) is 7.21. The first-order valence-corrected chi connectivity index (χ1v) is 7.67. The molecule has 3 N–H and O–H groups in total. The Hall–Kier alpha value is -1.57. The summed E-state index contributed by atoms with van der Waals surface area (Å²) in [6.07, 6.45) is -1.66. The van der Waals surface area contributed by atoms with Gasteiger partial charge < -0.3 is 15.8 Å². The third-order valence-corrected chi connectivity index (χ3v) is 3.12. The minimum absolute atomic E-state index is 0.251. The van der Waals surface area contributed by atoms with Crippen LogP contribution in [0.15, 0.2) is 29.3 Å². The Bertz CT molecular complexity index is 449. The Morgan fingerprint density at radius 2 is 2.00 bits per heavy atom. The van der Waals surface area contributed by atoms with Crippen molar-refractivity contribution in [2.24, 2.45) is 10.7 Å². The summed E-state index contributed by atoms with van der Waals surface area (Å²) in [6.45, 7) is 1.04. The van der Waals surface area contributed by atoms with Crippen molar-refractivity contribution < 1.29 is 17.9 Å². The molecule has 0 fully saturated rings. The highest BCUT2D eigenvalue weighted by Gasteiger charge is 2.30. The second-order valence-electron chi connectivity index (χ2n) is 4.17. The van der Waals surface area contributed by atoms with Crippen molar-refractivity contribution in [3.63, 3.8) is 0 Å². The smallest absolute Gasteiger partial charge is 0.406 e. The largest absolute Gasteiger partial charge is 0.573 e. The van der Waals surface area contributed by atoms with Crippen molar-refractivity contribution in [1.82, 2.24) is 5.32 Å². The van der Waals surface area contributed by atoms with E-state index in [9.17, 15) is 13.2 Å². The number of nitrogens with one attached hydrogen (secondary N) is 1. The number of benzene rings is 1. The predicted molar refractivity (Wildman–Crippen MR) is 79.5 cm³/mol. The first-order valence-electron chi connectivity index (χ1n) is 6.28. The summed E-state index contributed by atoms with van der Waals surface area (Å²) in [5, 5.41) is 2.97. The molecule has 0 unspecified atom stereocenters. The van der Waals surface area contributed by atoms with Crippen molar-refractivity contribution >= 4 is 17.7 Å². The molecule has 0 aliphatic rings. The molecular formula is C13H18F3N3OS. The summed E-state index contributed by atoms with van der Waals surface area (Å²) >= 11 is 1.76. The number of halogens is 3. The Morgan fingerprint density at radius 1 is 1.33 bits per heavy atom. The van der Waals surface area contributed by atoms with Gasteiger partial charge in [0.25, 0.3) is 0 Å². The van der Waals surface area contributed by atoms with E-state index >= 15 is 0 Å². The van der Waals surface area contributed by atoms with E-state index in [0.29, 0.717) is 12.5 Å². The fourth-order valence-electron chi connectivity index (χ4n) is 1.46. The maximum Gasteiger partial charge on any atom is 0.573 e. The molecule has 118 valence electrons. The van der Waals surface area contributed by atoms with Crippen LogP contribution in [-0.2, 0) is 6.54 Å². The van der Waals surface area contributed by atoms with Gasteiger partial charge in [0.2, 0.25) is 0 Å². The number of hydrogen-bond donors (Lipinski definition) is 2. The summed E-state index contributed by atoms with van der Waals surface area (Å²) in [7, 11) is 0. The first-order chi connectivity index (χ1) is 9.90. The van der Waals surface area contributed by atoms with Crippen LogP contribution in [-0.4, -0.2) is 30.9 Å². The van der Waals surface area contributed by atoms with Gasteiger partial charge in [-0.2, -0.15) is 11.8 Å². The first kappa shape index (κ1) is 17.5. The van der Waals surface area contributed by atoms with Gasteiger partial charge in [0.1, 0.15) is 5.75 Å². The van der Waals surface area contributed by atoms with E-state index in [-0.39, 0.29) is 5.75 Å². The van der Waals surface area contributed by atoms with Crippen molar-refractivity contribution in [2.75, 3.05) is 18.6 Å². The number of nitrogens with zero attached hydrogens (tertiary/aromatic N) is 1. The molecule has 0 bridgehead atoms. The van der Waals surface area contributed by atoms with Crippen LogP contribution in [0.4, 0.5) is 13.2 Å². The molecule has 0 saturated heterocycles. The lowest BCUT2D eigenvalue weighted by Crippen LogP contribution is -2.32. The zero-order valence-corrected chi connectivity index (χ0v) is 12.4.